The lowest BCUT2D eigenvalue weighted by Crippen LogP contribution is -2.38. The third kappa shape index (κ3) is 5.30. The average molecular weight is 498 g/mol. The Hall–Kier alpha value is -4.66. The van der Waals surface area contributed by atoms with E-state index in [1.807, 2.05) is 43.3 Å². The Morgan fingerprint density at radius 3 is 2.70 bits per heavy atom. The molecule has 0 unspecified atom stereocenters. The molecule has 0 saturated carbocycles. The summed E-state index contributed by atoms with van der Waals surface area (Å²) in [5.74, 6) is -1.04. The molecule has 186 valence electrons. The number of benzene rings is 1. The molecule has 4 aromatic rings. The molecule has 3 aromatic heterocycles. The summed E-state index contributed by atoms with van der Waals surface area (Å²) in [6, 6.07) is 16.7. The second-order valence-electron chi connectivity index (χ2n) is 8.90. The standard InChI is InChI=1S/C28H24FN5O3/c1-17-6-8-23(31-15-17)19-11-20(25-14-27(37-33-25)24-5-3-4-10-30-24)13-21(12-19)28(35)32-18(2)26-9-7-22(29)16-34(26)36/h3-13,15-16,18,27H,14H2,1-2H3,(H,32,35)/t18-,27+/m1/s1. The molecule has 1 aliphatic heterocycles. The molecule has 0 spiro atoms. The maximum atomic E-state index is 13.4. The normalized spacial score (nSPS) is 15.5. The first-order chi connectivity index (χ1) is 17.9. The van der Waals surface area contributed by atoms with Gasteiger partial charge in [-0.2, -0.15) is 4.73 Å². The second-order valence-corrected chi connectivity index (χ2v) is 8.90. The SMILES string of the molecule is Cc1ccc(-c2cc(C(=O)N[C@H](C)c3ccc(F)c[n+]3[O-])cc(C3=NO[C@H](c4ccccn4)C3)c2)nc1. The maximum Gasteiger partial charge on any atom is 0.252 e. The van der Waals surface area contributed by atoms with E-state index in [-0.39, 0.29) is 11.8 Å². The predicted octanol–water partition coefficient (Wildman–Crippen LogP) is 4.58. The molecule has 1 amide bonds. The number of oxime groups is 1. The second kappa shape index (κ2) is 10.1. The highest BCUT2D eigenvalue weighted by molar-refractivity contribution is 6.05. The largest absolute Gasteiger partial charge is 0.618 e. The fraction of sp³-hybridized carbons (Fsp3) is 0.179. The summed E-state index contributed by atoms with van der Waals surface area (Å²) >= 11 is 0. The van der Waals surface area contributed by atoms with E-state index in [1.54, 1.807) is 31.5 Å². The minimum Gasteiger partial charge on any atom is -0.618 e. The van der Waals surface area contributed by atoms with Crippen LogP contribution in [0, 0.1) is 17.9 Å². The number of aromatic nitrogens is 3. The third-order valence-corrected chi connectivity index (χ3v) is 6.12. The number of aryl methyl sites for hydroxylation is 1. The molecule has 37 heavy (non-hydrogen) atoms. The minimum atomic E-state index is -0.657. The fourth-order valence-electron chi connectivity index (χ4n) is 4.14. The molecule has 0 saturated heterocycles. The molecule has 1 aromatic carbocycles. The van der Waals surface area contributed by atoms with Gasteiger partial charge in [-0.1, -0.05) is 17.3 Å². The van der Waals surface area contributed by atoms with E-state index in [9.17, 15) is 14.4 Å². The van der Waals surface area contributed by atoms with Gasteiger partial charge in [-0.3, -0.25) is 14.8 Å². The smallest absolute Gasteiger partial charge is 0.252 e. The summed E-state index contributed by atoms with van der Waals surface area (Å²) in [5, 5.41) is 19.2. The summed E-state index contributed by atoms with van der Waals surface area (Å²) < 4.78 is 13.8. The van der Waals surface area contributed by atoms with Gasteiger partial charge in [0.2, 0.25) is 11.9 Å². The summed E-state index contributed by atoms with van der Waals surface area (Å²) in [7, 11) is 0. The van der Waals surface area contributed by atoms with Crippen LogP contribution in [0.5, 0.6) is 0 Å². The first-order valence-electron chi connectivity index (χ1n) is 11.8. The van der Waals surface area contributed by atoms with Gasteiger partial charge in [0, 0.05) is 41.6 Å². The highest BCUT2D eigenvalue weighted by atomic mass is 19.1. The van der Waals surface area contributed by atoms with Crippen molar-refractivity contribution in [3.8, 4) is 11.3 Å². The van der Waals surface area contributed by atoms with E-state index in [2.05, 4.69) is 20.4 Å². The lowest BCUT2D eigenvalue weighted by Gasteiger charge is -2.15. The number of halogens is 1. The summed E-state index contributed by atoms with van der Waals surface area (Å²) in [5.41, 5.74) is 5.22. The van der Waals surface area contributed by atoms with Crippen molar-refractivity contribution in [2.75, 3.05) is 0 Å². The van der Waals surface area contributed by atoms with Crippen molar-refractivity contribution >= 4 is 11.6 Å². The van der Waals surface area contributed by atoms with Crippen molar-refractivity contribution in [3.63, 3.8) is 0 Å². The molecule has 2 atom stereocenters. The minimum absolute atomic E-state index is 0.220. The molecule has 0 bridgehead atoms. The topological polar surface area (TPSA) is 103 Å². The van der Waals surface area contributed by atoms with Gasteiger partial charge in [-0.05, 0) is 61.9 Å². The monoisotopic (exact) mass is 497 g/mol. The molecular formula is C28H24FN5O3. The van der Waals surface area contributed by atoms with Crippen molar-refractivity contribution in [2.45, 2.75) is 32.4 Å². The van der Waals surface area contributed by atoms with Crippen molar-refractivity contribution < 1.29 is 18.8 Å². The van der Waals surface area contributed by atoms with Gasteiger partial charge < -0.3 is 15.4 Å². The van der Waals surface area contributed by atoms with Crippen LogP contribution in [-0.4, -0.2) is 21.6 Å². The summed E-state index contributed by atoms with van der Waals surface area (Å²) in [6.45, 7) is 3.62. The number of hydrogen-bond donors (Lipinski definition) is 1. The molecule has 5 rings (SSSR count). The van der Waals surface area contributed by atoms with E-state index in [0.29, 0.717) is 28.1 Å². The quantitative estimate of drug-likeness (QED) is 0.310. The Morgan fingerprint density at radius 1 is 1.14 bits per heavy atom. The fourth-order valence-corrected chi connectivity index (χ4v) is 4.14. The first kappa shape index (κ1) is 24.1. The Bertz CT molecular complexity index is 1480. The van der Waals surface area contributed by atoms with Crippen LogP contribution in [0.4, 0.5) is 4.39 Å². The van der Waals surface area contributed by atoms with Crippen LogP contribution in [-0.2, 0) is 4.84 Å². The molecule has 4 heterocycles. The van der Waals surface area contributed by atoms with Gasteiger partial charge in [-0.15, -0.1) is 0 Å². The van der Waals surface area contributed by atoms with Gasteiger partial charge in [0.05, 0.1) is 17.1 Å². The average Bonchev–Trinajstić information content (AvgIpc) is 3.40. The predicted molar refractivity (Wildman–Crippen MR) is 135 cm³/mol. The lowest BCUT2D eigenvalue weighted by molar-refractivity contribution is -0.617. The molecule has 0 fully saturated rings. The van der Waals surface area contributed by atoms with Gasteiger partial charge in [-0.25, -0.2) is 4.39 Å². The molecule has 9 heteroatoms. The molecule has 8 nitrogen and oxygen atoms in total. The van der Waals surface area contributed by atoms with Crippen LogP contribution < -0.4 is 10.0 Å². The zero-order valence-corrected chi connectivity index (χ0v) is 20.3. The lowest BCUT2D eigenvalue weighted by atomic mass is 9.96. The Balaban J connectivity index is 1.46. The number of nitrogens with zero attached hydrogens (tertiary/aromatic N) is 4. The Morgan fingerprint density at radius 2 is 1.97 bits per heavy atom. The van der Waals surface area contributed by atoms with E-state index >= 15 is 0 Å². The summed E-state index contributed by atoms with van der Waals surface area (Å²) in [4.78, 5) is 27.8. The molecule has 0 aliphatic carbocycles. The van der Waals surface area contributed by atoms with Crippen LogP contribution in [0.15, 0.2) is 84.4 Å². The molecule has 1 aliphatic rings. The number of amides is 1. The van der Waals surface area contributed by atoms with Gasteiger partial charge in [0.15, 0.2) is 11.9 Å². The van der Waals surface area contributed by atoms with E-state index in [0.717, 1.165) is 28.6 Å². The van der Waals surface area contributed by atoms with E-state index in [4.69, 9.17) is 4.84 Å². The number of hydrogen-bond acceptors (Lipinski definition) is 6. The number of carbonyl (C=O) groups is 1. The third-order valence-electron chi connectivity index (χ3n) is 6.12. The molecule has 1 N–H and O–H groups in total. The highest BCUT2D eigenvalue weighted by Crippen LogP contribution is 2.30. The van der Waals surface area contributed by atoms with Crippen molar-refractivity contribution in [1.29, 1.82) is 0 Å². The Kier molecular flexibility index (Phi) is 6.59. The van der Waals surface area contributed by atoms with Crippen molar-refractivity contribution in [1.82, 2.24) is 15.3 Å². The van der Waals surface area contributed by atoms with Crippen LogP contribution in [0.3, 0.4) is 0 Å². The summed E-state index contributed by atoms with van der Waals surface area (Å²) in [6.07, 6.45) is 4.47. The van der Waals surface area contributed by atoms with E-state index in [1.165, 1.54) is 12.1 Å². The van der Waals surface area contributed by atoms with Crippen molar-refractivity contribution in [3.05, 3.63) is 118 Å². The number of nitrogens with one attached hydrogen (secondary N) is 1. The van der Waals surface area contributed by atoms with Crippen LogP contribution in [0.1, 0.15) is 58.4 Å². The van der Waals surface area contributed by atoms with Crippen LogP contribution >= 0.6 is 0 Å². The zero-order valence-electron chi connectivity index (χ0n) is 20.3. The number of rotatable bonds is 6. The van der Waals surface area contributed by atoms with Crippen molar-refractivity contribution in [2.24, 2.45) is 5.16 Å². The number of carbonyl (C=O) groups excluding carboxylic acids is 1. The van der Waals surface area contributed by atoms with Gasteiger partial charge in [0.25, 0.3) is 5.91 Å². The Labute approximate surface area is 213 Å². The zero-order chi connectivity index (χ0) is 25.9. The first-order valence-corrected chi connectivity index (χ1v) is 11.8. The molecular weight excluding hydrogens is 473 g/mol. The van der Waals surface area contributed by atoms with Crippen LogP contribution in [0.2, 0.25) is 0 Å². The number of pyridine rings is 3. The maximum absolute atomic E-state index is 13.4. The highest BCUT2D eigenvalue weighted by Gasteiger charge is 2.26. The van der Waals surface area contributed by atoms with E-state index < -0.39 is 17.8 Å². The molecule has 0 radical (unpaired) electrons. The van der Waals surface area contributed by atoms with Gasteiger partial charge >= 0.3 is 0 Å². The van der Waals surface area contributed by atoms with Gasteiger partial charge in [0.1, 0.15) is 6.04 Å². The van der Waals surface area contributed by atoms with Crippen LogP contribution in [0.25, 0.3) is 11.3 Å².